The van der Waals surface area contributed by atoms with Gasteiger partial charge in [0.15, 0.2) is 0 Å². The van der Waals surface area contributed by atoms with E-state index in [9.17, 15) is 0 Å². The van der Waals surface area contributed by atoms with E-state index in [1.807, 2.05) is 44.7 Å². The molecule has 0 bridgehead atoms. The summed E-state index contributed by atoms with van der Waals surface area (Å²) in [7, 11) is 4.08. The highest BCUT2D eigenvalue weighted by atomic mass is 15.1. The molecule has 0 fully saturated rings. The second kappa shape index (κ2) is 11.6. The molecule has 0 atom stereocenters. The number of unbranched alkanes of at least 4 members (excludes halogenated alkanes) is 3. The Kier molecular flexibility index (Phi) is 9.51. The lowest BCUT2D eigenvalue weighted by atomic mass is 10.2. The van der Waals surface area contributed by atoms with Crippen molar-refractivity contribution in [3.05, 3.63) is 48.7 Å². The molecule has 0 unspecified atom stereocenters. The van der Waals surface area contributed by atoms with Gasteiger partial charge in [-0.05, 0) is 42.8 Å². The van der Waals surface area contributed by atoms with E-state index in [2.05, 4.69) is 46.4 Å². The maximum atomic E-state index is 4.35. The zero-order valence-electron chi connectivity index (χ0n) is 14.1. The first-order valence-corrected chi connectivity index (χ1v) is 8.09. The van der Waals surface area contributed by atoms with Gasteiger partial charge in [0.25, 0.3) is 0 Å². The standard InChI is InChI=1S/C19H29N3/c1-4-5-6-8-15-20-16-9-7-10-17-21-18-11-13-19(14-12-18)22(2)3/h7,9-14,16-17,21H,4-6,8,15H2,1-3H3/b9-7-,17-10+,20-16?. The van der Waals surface area contributed by atoms with Crippen LogP contribution in [-0.4, -0.2) is 26.9 Å². The zero-order valence-corrected chi connectivity index (χ0v) is 14.1. The van der Waals surface area contributed by atoms with Crippen molar-refractivity contribution in [1.29, 1.82) is 0 Å². The molecule has 1 aromatic carbocycles. The van der Waals surface area contributed by atoms with Crippen LogP contribution in [0.3, 0.4) is 0 Å². The molecule has 0 spiro atoms. The van der Waals surface area contributed by atoms with Gasteiger partial charge >= 0.3 is 0 Å². The largest absolute Gasteiger partial charge is 0.378 e. The highest BCUT2D eigenvalue weighted by molar-refractivity contribution is 5.71. The first-order chi connectivity index (χ1) is 10.7. The maximum Gasteiger partial charge on any atom is 0.0389 e. The first kappa shape index (κ1) is 18.0. The van der Waals surface area contributed by atoms with Crippen molar-refractivity contribution >= 4 is 17.6 Å². The number of hydrogen-bond acceptors (Lipinski definition) is 3. The van der Waals surface area contributed by atoms with Crippen molar-refractivity contribution < 1.29 is 0 Å². The lowest BCUT2D eigenvalue weighted by molar-refractivity contribution is 0.676. The SMILES string of the molecule is CCCCCCN=C/C=C\C=C\Nc1ccc(N(C)C)cc1. The first-order valence-electron chi connectivity index (χ1n) is 8.09. The molecule has 0 heterocycles. The Morgan fingerprint density at radius 2 is 1.77 bits per heavy atom. The van der Waals surface area contributed by atoms with Gasteiger partial charge < -0.3 is 10.2 Å². The number of nitrogens with one attached hydrogen (secondary N) is 1. The molecule has 0 aromatic heterocycles. The summed E-state index contributed by atoms with van der Waals surface area (Å²) in [5.41, 5.74) is 2.28. The number of anilines is 2. The number of hydrogen-bond donors (Lipinski definition) is 1. The van der Waals surface area contributed by atoms with Crippen molar-refractivity contribution in [3.8, 4) is 0 Å². The predicted molar refractivity (Wildman–Crippen MR) is 100 cm³/mol. The van der Waals surface area contributed by atoms with Gasteiger partial charge in [-0.2, -0.15) is 0 Å². The molecule has 3 heteroatoms. The average molecular weight is 299 g/mol. The molecular formula is C19H29N3. The summed E-state index contributed by atoms with van der Waals surface area (Å²) in [6.07, 6.45) is 14.8. The normalized spacial score (nSPS) is 11.8. The smallest absolute Gasteiger partial charge is 0.0389 e. The van der Waals surface area contributed by atoms with Gasteiger partial charge in [-0.15, -0.1) is 0 Å². The van der Waals surface area contributed by atoms with Crippen LogP contribution in [-0.2, 0) is 0 Å². The van der Waals surface area contributed by atoms with E-state index >= 15 is 0 Å². The lowest BCUT2D eigenvalue weighted by Crippen LogP contribution is -2.08. The van der Waals surface area contributed by atoms with E-state index < -0.39 is 0 Å². The molecular weight excluding hydrogens is 270 g/mol. The third-order valence-corrected chi connectivity index (χ3v) is 3.28. The molecule has 0 amide bonds. The Balaban J connectivity index is 2.20. The second-order valence-corrected chi connectivity index (χ2v) is 5.45. The third kappa shape index (κ3) is 8.30. The summed E-state index contributed by atoms with van der Waals surface area (Å²) < 4.78 is 0. The van der Waals surface area contributed by atoms with Crippen LogP contribution < -0.4 is 10.2 Å². The molecule has 1 aromatic rings. The molecule has 1 N–H and O–H groups in total. The molecule has 0 aliphatic carbocycles. The highest BCUT2D eigenvalue weighted by Crippen LogP contribution is 2.15. The molecule has 22 heavy (non-hydrogen) atoms. The summed E-state index contributed by atoms with van der Waals surface area (Å²) in [4.78, 5) is 6.44. The zero-order chi connectivity index (χ0) is 16.0. The topological polar surface area (TPSA) is 27.6 Å². The third-order valence-electron chi connectivity index (χ3n) is 3.28. The average Bonchev–Trinajstić information content (AvgIpc) is 2.53. The number of aliphatic imine (C=N–C) groups is 1. The summed E-state index contributed by atoms with van der Waals surface area (Å²) in [5.74, 6) is 0. The van der Waals surface area contributed by atoms with Crippen LogP contribution in [0.2, 0.25) is 0 Å². The Morgan fingerprint density at radius 3 is 2.45 bits per heavy atom. The second-order valence-electron chi connectivity index (χ2n) is 5.45. The van der Waals surface area contributed by atoms with E-state index in [1.54, 1.807) is 0 Å². The fourth-order valence-corrected chi connectivity index (χ4v) is 1.93. The van der Waals surface area contributed by atoms with E-state index in [0.29, 0.717) is 0 Å². The van der Waals surface area contributed by atoms with Gasteiger partial charge in [-0.25, -0.2) is 0 Å². The Hall–Kier alpha value is -2.03. The Morgan fingerprint density at radius 1 is 1.00 bits per heavy atom. The minimum atomic E-state index is 0.935. The van der Waals surface area contributed by atoms with Gasteiger partial charge in [-0.1, -0.05) is 32.3 Å². The van der Waals surface area contributed by atoms with Crippen molar-refractivity contribution in [3.63, 3.8) is 0 Å². The van der Waals surface area contributed by atoms with E-state index in [1.165, 1.54) is 31.4 Å². The lowest BCUT2D eigenvalue weighted by Gasteiger charge is -2.12. The predicted octanol–water partition coefficient (Wildman–Crippen LogP) is 4.89. The number of allylic oxidation sites excluding steroid dienone is 3. The summed E-state index contributed by atoms with van der Waals surface area (Å²) in [6.45, 7) is 3.16. The van der Waals surface area contributed by atoms with Crippen molar-refractivity contribution in [2.75, 3.05) is 30.9 Å². The molecule has 0 radical (unpaired) electrons. The van der Waals surface area contributed by atoms with Gasteiger partial charge in [0.1, 0.15) is 0 Å². The number of benzene rings is 1. The molecule has 0 aliphatic rings. The molecule has 0 saturated heterocycles. The van der Waals surface area contributed by atoms with Crippen LogP contribution >= 0.6 is 0 Å². The monoisotopic (exact) mass is 299 g/mol. The van der Waals surface area contributed by atoms with E-state index in [4.69, 9.17) is 0 Å². The molecule has 120 valence electrons. The Labute approximate surface area is 135 Å². The number of nitrogens with zero attached hydrogens (tertiary/aromatic N) is 2. The Bertz CT molecular complexity index is 470. The quantitative estimate of drug-likeness (QED) is 0.378. The van der Waals surface area contributed by atoms with Crippen LogP contribution in [0.15, 0.2) is 53.7 Å². The van der Waals surface area contributed by atoms with Crippen molar-refractivity contribution in [2.45, 2.75) is 32.6 Å². The van der Waals surface area contributed by atoms with Crippen molar-refractivity contribution in [1.82, 2.24) is 0 Å². The molecule has 0 saturated carbocycles. The van der Waals surface area contributed by atoms with Crippen LogP contribution in [0.4, 0.5) is 11.4 Å². The van der Waals surface area contributed by atoms with E-state index in [0.717, 1.165) is 12.2 Å². The number of rotatable bonds is 10. The minimum Gasteiger partial charge on any atom is -0.378 e. The highest BCUT2D eigenvalue weighted by Gasteiger charge is 1.93. The summed E-state index contributed by atoms with van der Waals surface area (Å²) >= 11 is 0. The van der Waals surface area contributed by atoms with E-state index in [-0.39, 0.29) is 0 Å². The van der Waals surface area contributed by atoms with Crippen LogP contribution in [0, 0.1) is 0 Å². The van der Waals surface area contributed by atoms with Gasteiger partial charge in [-0.3, -0.25) is 4.99 Å². The van der Waals surface area contributed by atoms with Gasteiger partial charge in [0.05, 0.1) is 0 Å². The van der Waals surface area contributed by atoms with Gasteiger partial charge in [0, 0.05) is 44.4 Å². The fraction of sp³-hybridized carbons (Fsp3) is 0.421. The van der Waals surface area contributed by atoms with Crippen molar-refractivity contribution in [2.24, 2.45) is 4.99 Å². The molecule has 3 nitrogen and oxygen atoms in total. The molecule has 1 rings (SSSR count). The summed E-state index contributed by atoms with van der Waals surface area (Å²) in [5, 5.41) is 3.24. The van der Waals surface area contributed by atoms with Crippen LogP contribution in [0.5, 0.6) is 0 Å². The van der Waals surface area contributed by atoms with Crippen LogP contribution in [0.25, 0.3) is 0 Å². The van der Waals surface area contributed by atoms with Gasteiger partial charge in [0.2, 0.25) is 0 Å². The molecule has 0 aliphatic heterocycles. The minimum absolute atomic E-state index is 0.935. The fourth-order valence-electron chi connectivity index (χ4n) is 1.93. The maximum absolute atomic E-state index is 4.35. The van der Waals surface area contributed by atoms with Crippen LogP contribution in [0.1, 0.15) is 32.6 Å². The summed E-state index contributed by atoms with van der Waals surface area (Å²) in [6, 6.07) is 8.33.